The molecule has 0 saturated carbocycles. The van der Waals surface area contributed by atoms with Crippen LogP contribution in [0, 0.1) is 0 Å². The molecule has 1 aliphatic rings. The van der Waals surface area contributed by atoms with E-state index >= 15 is 0 Å². The highest BCUT2D eigenvalue weighted by Crippen LogP contribution is 2.36. The Bertz CT molecular complexity index is 772. The van der Waals surface area contributed by atoms with E-state index in [-0.39, 0.29) is 6.04 Å². The van der Waals surface area contributed by atoms with E-state index in [9.17, 15) is 0 Å². The zero-order chi connectivity index (χ0) is 12.7. The van der Waals surface area contributed by atoms with E-state index < -0.39 is 0 Å². The molecule has 1 unspecified atom stereocenters. The van der Waals surface area contributed by atoms with Gasteiger partial charge in [-0.3, -0.25) is 4.99 Å². The average Bonchev–Trinajstić information content (AvgIpc) is 3.28. The van der Waals surface area contributed by atoms with Gasteiger partial charge >= 0.3 is 0 Å². The first-order valence-corrected chi connectivity index (χ1v) is 6.54. The SMILES string of the molecule is c1ccc(C2=NC2c2ccc3ccccc3c2)cc1. The molecule has 0 N–H and O–H groups in total. The zero-order valence-electron chi connectivity index (χ0n) is 10.5. The van der Waals surface area contributed by atoms with E-state index in [1.165, 1.54) is 27.6 Å². The molecule has 0 aromatic heterocycles. The minimum atomic E-state index is 0.256. The Hall–Kier alpha value is -2.41. The molecule has 1 nitrogen and oxygen atoms in total. The molecule has 3 aromatic carbocycles. The maximum Gasteiger partial charge on any atom is 0.118 e. The molecule has 3 aromatic rings. The monoisotopic (exact) mass is 243 g/mol. The average molecular weight is 243 g/mol. The Morgan fingerprint density at radius 3 is 2.26 bits per heavy atom. The van der Waals surface area contributed by atoms with Crippen LogP contribution in [0.2, 0.25) is 0 Å². The van der Waals surface area contributed by atoms with Gasteiger partial charge in [0.1, 0.15) is 6.04 Å². The summed E-state index contributed by atoms with van der Waals surface area (Å²) in [5.74, 6) is 0. The summed E-state index contributed by atoms with van der Waals surface area (Å²) in [5.41, 5.74) is 3.73. The lowest BCUT2D eigenvalue weighted by molar-refractivity contribution is 1.14. The van der Waals surface area contributed by atoms with Gasteiger partial charge in [0.2, 0.25) is 0 Å². The van der Waals surface area contributed by atoms with E-state index in [0.717, 1.165) is 0 Å². The topological polar surface area (TPSA) is 12.4 Å². The highest BCUT2D eigenvalue weighted by atomic mass is 15.0. The Balaban J connectivity index is 1.67. The van der Waals surface area contributed by atoms with Crippen LogP contribution in [0.5, 0.6) is 0 Å². The molecular formula is C18H13N. The van der Waals surface area contributed by atoms with Gasteiger partial charge in [-0.2, -0.15) is 0 Å². The van der Waals surface area contributed by atoms with Gasteiger partial charge in [-0.15, -0.1) is 0 Å². The maximum atomic E-state index is 4.62. The molecule has 0 amide bonds. The van der Waals surface area contributed by atoms with Crippen molar-refractivity contribution in [1.82, 2.24) is 0 Å². The van der Waals surface area contributed by atoms with Crippen LogP contribution in [0.3, 0.4) is 0 Å². The third-order valence-corrected chi connectivity index (χ3v) is 3.62. The largest absolute Gasteiger partial charge is 0.272 e. The number of hydrogen-bond donors (Lipinski definition) is 0. The highest BCUT2D eigenvalue weighted by molar-refractivity contribution is 6.14. The van der Waals surface area contributed by atoms with Crippen molar-refractivity contribution in [3.63, 3.8) is 0 Å². The second kappa shape index (κ2) is 4.06. The van der Waals surface area contributed by atoms with Crippen molar-refractivity contribution in [3.8, 4) is 0 Å². The molecule has 0 spiro atoms. The van der Waals surface area contributed by atoms with Gasteiger partial charge in [0.05, 0.1) is 5.71 Å². The Kier molecular flexibility index (Phi) is 2.25. The van der Waals surface area contributed by atoms with Crippen molar-refractivity contribution in [2.24, 2.45) is 4.99 Å². The molecule has 19 heavy (non-hydrogen) atoms. The van der Waals surface area contributed by atoms with Gasteiger partial charge in [0.15, 0.2) is 0 Å². The molecule has 1 heteroatoms. The lowest BCUT2D eigenvalue weighted by Crippen LogP contribution is -1.93. The van der Waals surface area contributed by atoms with Gasteiger partial charge in [0, 0.05) is 0 Å². The van der Waals surface area contributed by atoms with Crippen molar-refractivity contribution in [2.45, 2.75) is 6.04 Å². The maximum absolute atomic E-state index is 4.62. The fourth-order valence-electron chi connectivity index (χ4n) is 2.55. The first-order valence-electron chi connectivity index (χ1n) is 6.54. The van der Waals surface area contributed by atoms with Crippen LogP contribution in [0.4, 0.5) is 0 Å². The second-order valence-corrected chi connectivity index (χ2v) is 4.89. The predicted octanol–water partition coefficient (Wildman–Crippen LogP) is 4.38. The minimum absolute atomic E-state index is 0.256. The van der Waals surface area contributed by atoms with E-state index in [2.05, 4.69) is 71.7 Å². The van der Waals surface area contributed by atoms with E-state index in [4.69, 9.17) is 0 Å². The molecule has 1 atom stereocenters. The smallest absolute Gasteiger partial charge is 0.118 e. The van der Waals surface area contributed by atoms with Gasteiger partial charge in [-0.1, -0.05) is 66.7 Å². The van der Waals surface area contributed by atoms with Gasteiger partial charge in [0.25, 0.3) is 0 Å². The van der Waals surface area contributed by atoms with E-state index in [1.54, 1.807) is 0 Å². The summed E-state index contributed by atoms with van der Waals surface area (Å²) in [5, 5.41) is 2.57. The fraction of sp³-hybridized carbons (Fsp3) is 0.0556. The van der Waals surface area contributed by atoms with Gasteiger partial charge < -0.3 is 0 Å². The number of hydrogen-bond acceptors (Lipinski definition) is 1. The summed E-state index contributed by atoms with van der Waals surface area (Å²) in [6.07, 6.45) is 0. The van der Waals surface area contributed by atoms with Crippen LogP contribution in [-0.2, 0) is 0 Å². The molecule has 90 valence electrons. The molecule has 0 aliphatic carbocycles. The number of benzene rings is 3. The van der Waals surface area contributed by atoms with Crippen LogP contribution in [0.25, 0.3) is 10.8 Å². The third-order valence-electron chi connectivity index (χ3n) is 3.62. The van der Waals surface area contributed by atoms with Gasteiger partial charge in [-0.25, -0.2) is 0 Å². The summed E-state index contributed by atoms with van der Waals surface area (Å²) in [6.45, 7) is 0. The standard InChI is InChI=1S/C18H13N/c1-2-7-14(8-3-1)17-18(19-17)16-11-10-13-6-4-5-9-15(13)12-16/h1-12,18H. The van der Waals surface area contributed by atoms with Crippen molar-refractivity contribution in [2.75, 3.05) is 0 Å². The first kappa shape index (κ1) is 10.5. The quantitative estimate of drug-likeness (QED) is 0.633. The number of aliphatic imine (C=N–C) groups is 1. The third kappa shape index (κ3) is 1.84. The Labute approximate surface area is 112 Å². The molecule has 0 fully saturated rings. The zero-order valence-corrected chi connectivity index (χ0v) is 10.5. The van der Waals surface area contributed by atoms with E-state index in [0.29, 0.717) is 0 Å². The summed E-state index contributed by atoms with van der Waals surface area (Å²) < 4.78 is 0. The van der Waals surface area contributed by atoms with Crippen molar-refractivity contribution in [3.05, 3.63) is 83.9 Å². The Morgan fingerprint density at radius 2 is 1.42 bits per heavy atom. The number of rotatable bonds is 2. The molecule has 1 aliphatic heterocycles. The normalized spacial score (nSPS) is 17.3. The minimum Gasteiger partial charge on any atom is -0.272 e. The lowest BCUT2D eigenvalue weighted by Gasteiger charge is -2.02. The second-order valence-electron chi connectivity index (χ2n) is 4.89. The molecule has 4 rings (SSSR count). The molecule has 0 radical (unpaired) electrons. The van der Waals surface area contributed by atoms with Crippen LogP contribution in [-0.4, -0.2) is 5.71 Å². The van der Waals surface area contributed by atoms with Crippen molar-refractivity contribution < 1.29 is 0 Å². The molecular weight excluding hydrogens is 230 g/mol. The predicted molar refractivity (Wildman–Crippen MR) is 79.7 cm³/mol. The number of fused-ring (bicyclic) bond motifs is 1. The van der Waals surface area contributed by atoms with E-state index in [1.807, 2.05) is 6.07 Å². The van der Waals surface area contributed by atoms with Crippen LogP contribution in [0.15, 0.2) is 77.8 Å². The molecule has 0 bridgehead atoms. The number of nitrogens with zero attached hydrogens (tertiary/aromatic N) is 1. The van der Waals surface area contributed by atoms with Crippen molar-refractivity contribution in [1.29, 1.82) is 0 Å². The molecule has 0 saturated heterocycles. The van der Waals surface area contributed by atoms with Crippen LogP contribution < -0.4 is 0 Å². The summed E-state index contributed by atoms with van der Waals surface area (Å²) >= 11 is 0. The lowest BCUT2D eigenvalue weighted by atomic mass is 10.0. The highest BCUT2D eigenvalue weighted by Gasteiger charge is 2.30. The fourth-order valence-corrected chi connectivity index (χ4v) is 2.55. The summed E-state index contributed by atoms with van der Waals surface area (Å²) in [4.78, 5) is 4.62. The summed E-state index contributed by atoms with van der Waals surface area (Å²) in [7, 11) is 0. The summed E-state index contributed by atoms with van der Waals surface area (Å²) in [6, 6.07) is 25.7. The first-order chi connectivity index (χ1) is 9.42. The Morgan fingerprint density at radius 1 is 0.684 bits per heavy atom. The van der Waals surface area contributed by atoms with Crippen LogP contribution in [0.1, 0.15) is 17.2 Å². The van der Waals surface area contributed by atoms with Crippen molar-refractivity contribution >= 4 is 16.5 Å². The van der Waals surface area contributed by atoms with Gasteiger partial charge in [-0.05, 0) is 28.0 Å². The molecule has 1 heterocycles. The van der Waals surface area contributed by atoms with Crippen LogP contribution >= 0.6 is 0 Å².